The van der Waals surface area contributed by atoms with Crippen LogP contribution in [0.25, 0.3) is 0 Å². The lowest BCUT2D eigenvalue weighted by Gasteiger charge is -2.14. The molecule has 2 aromatic rings. The van der Waals surface area contributed by atoms with Crippen molar-refractivity contribution in [3.8, 4) is 23.0 Å². The molecule has 0 unspecified atom stereocenters. The Balaban J connectivity index is 2.07. The van der Waals surface area contributed by atoms with Crippen LogP contribution in [0.2, 0.25) is 0 Å². The highest BCUT2D eigenvalue weighted by Gasteiger charge is 2.17. The fourth-order valence-corrected chi connectivity index (χ4v) is 2.45. The summed E-state index contributed by atoms with van der Waals surface area (Å²) in [6.07, 6.45) is 0. The van der Waals surface area contributed by atoms with Gasteiger partial charge in [-0.3, -0.25) is 9.59 Å². The van der Waals surface area contributed by atoms with Crippen LogP contribution in [0.15, 0.2) is 36.4 Å². The largest absolute Gasteiger partial charge is 0.493 e. The summed E-state index contributed by atoms with van der Waals surface area (Å²) in [5.74, 6) is 1.19. The van der Waals surface area contributed by atoms with Gasteiger partial charge in [-0.1, -0.05) is 0 Å². The third-order valence-corrected chi connectivity index (χ3v) is 3.78. The Labute approximate surface area is 163 Å². The molecule has 8 heteroatoms. The molecule has 0 saturated heterocycles. The number of carbonyl (C=O) groups excluding carboxylic acids is 2. The van der Waals surface area contributed by atoms with E-state index in [0.717, 1.165) is 0 Å². The Bertz CT molecular complexity index is 795. The van der Waals surface area contributed by atoms with Gasteiger partial charge in [0.1, 0.15) is 5.75 Å². The Hall–Kier alpha value is -3.42. The van der Waals surface area contributed by atoms with Crippen LogP contribution in [-0.2, 0) is 4.79 Å². The molecule has 28 heavy (non-hydrogen) atoms. The van der Waals surface area contributed by atoms with Crippen LogP contribution in [0, 0.1) is 0 Å². The van der Waals surface area contributed by atoms with E-state index in [1.54, 1.807) is 36.4 Å². The van der Waals surface area contributed by atoms with Crippen LogP contribution in [-0.4, -0.2) is 46.3 Å². The molecule has 0 spiro atoms. The first-order valence-corrected chi connectivity index (χ1v) is 8.63. The van der Waals surface area contributed by atoms with Crippen molar-refractivity contribution in [3.63, 3.8) is 0 Å². The fraction of sp³-hybridized carbons (Fsp3) is 0.300. The molecule has 2 amide bonds. The van der Waals surface area contributed by atoms with E-state index in [1.165, 1.54) is 21.3 Å². The molecule has 0 aliphatic rings. The topological polar surface area (TPSA) is 95.1 Å². The Morgan fingerprint density at radius 1 is 0.929 bits per heavy atom. The van der Waals surface area contributed by atoms with E-state index in [-0.39, 0.29) is 18.4 Å². The molecule has 0 heterocycles. The molecule has 0 aliphatic carbocycles. The number of methoxy groups -OCH3 is 3. The van der Waals surface area contributed by atoms with Gasteiger partial charge in [0.05, 0.1) is 21.3 Å². The first-order valence-electron chi connectivity index (χ1n) is 8.63. The van der Waals surface area contributed by atoms with Crippen molar-refractivity contribution in [2.45, 2.75) is 6.92 Å². The van der Waals surface area contributed by atoms with Gasteiger partial charge in [-0.2, -0.15) is 0 Å². The van der Waals surface area contributed by atoms with Crippen LogP contribution < -0.4 is 29.6 Å². The van der Waals surface area contributed by atoms with Crippen molar-refractivity contribution in [1.29, 1.82) is 0 Å². The van der Waals surface area contributed by atoms with Crippen molar-refractivity contribution in [1.82, 2.24) is 5.32 Å². The molecule has 0 atom stereocenters. The number of carbonyl (C=O) groups is 2. The van der Waals surface area contributed by atoms with Gasteiger partial charge in [0, 0.05) is 17.8 Å². The van der Waals surface area contributed by atoms with Crippen molar-refractivity contribution < 1.29 is 28.5 Å². The van der Waals surface area contributed by atoms with E-state index in [2.05, 4.69) is 10.6 Å². The molecular weight excluding hydrogens is 364 g/mol. The molecule has 2 aromatic carbocycles. The molecular formula is C20H24N2O6. The van der Waals surface area contributed by atoms with E-state index >= 15 is 0 Å². The average molecular weight is 388 g/mol. The van der Waals surface area contributed by atoms with E-state index in [1.807, 2.05) is 6.92 Å². The maximum atomic E-state index is 12.6. The van der Waals surface area contributed by atoms with Crippen molar-refractivity contribution >= 4 is 17.5 Å². The van der Waals surface area contributed by atoms with E-state index in [0.29, 0.717) is 40.8 Å². The van der Waals surface area contributed by atoms with Crippen LogP contribution in [0.4, 0.5) is 5.69 Å². The molecule has 0 saturated carbocycles. The van der Waals surface area contributed by atoms with E-state index in [4.69, 9.17) is 18.9 Å². The lowest BCUT2D eigenvalue weighted by atomic mass is 10.1. The molecule has 2 rings (SSSR count). The molecule has 0 fully saturated rings. The minimum atomic E-state index is -0.338. The molecule has 0 radical (unpaired) electrons. The minimum Gasteiger partial charge on any atom is -0.493 e. The molecule has 2 N–H and O–H groups in total. The van der Waals surface area contributed by atoms with Gasteiger partial charge in [0.25, 0.3) is 11.8 Å². The molecule has 8 nitrogen and oxygen atoms in total. The highest BCUT2D eigenvalue weighted by Crippen LogP contribution is 2.38. The van der Waals surface area contributed by atoms with Gasteiger partial charge in [0.2, 0.25) is 5.75 Å². The quantitative estimate of drug-likeness (QED) is 0.685. The summed E-state index contributed by atoms with van der Waals surface area (Å²) < 4.78 is 21.2. The summed E-state index contributed by atoms with van der Waals surface area (Å²) in [6, 6.07) is 9.85. The second kappa shape index (κ2) is 10.1. The predicted molar refractivity (Wildman–Crippen MR) is 105 cm³/mol. The molecule has 0 aromatic heterocycles. The van der Waals surface area contributed by atoms with Crippen LogP contribution in [0.3, 0.4) is 0 Å². The molecule has 150 valence electrons. The van der Waals surface area contributed by atoms with Crippen LogP contribution >= 0.6 is 0 Å². The Morgan fingerprint density at radius 3 is 2.04 bits per heavy atom. The number of rotatable bonds is 9. The highest BCUT2D eigenvalue weighted by molar-refractivity contribution is 6.05. The van der Waals surface area contributed by atoms with Crippen molar-refractivity contribution in [3.05, 3.63) is 42.0 Å². The molecule has 0 bridgehead atoms. The summed E-state index contributed by atoms with van der Waals surface area (Å²) in [5.41, 5.74) is 0.926. The van der Waals surface area contributed by atoms with Gasteiger partial charge in [0.15, 0.2) is 18.1 Å². The van der Waals surface area contributed by atoms with Crippen molar-refractivity contribution in [2.75, 3.05) is 39.8 Å². The first-order chi connectivity index (χ1) is 13.5. The summed E-state index contributed by atoms with van der Waals surface area (Å²) in [6.45, 7) is 2.32. The zero-order valence-corrected chi connectivity index (χ0v) is 16.3. The fourth-order valence-electron chi connectivity index (χ4n) is 2.45. The monoisotopic (exact) mass is 388 g/mol. The Morgan fingerprint density at radius 2 is 1.54 bits per heavy atom. The number of likely N-dealkylation sites (N-methyl/N-ethyl adjacent to an activating group) is 1. The smallest absolute Gasteiger partial charge is 0.257 e. The highest BCUT2D eigenvalue weighted by atomic mass is 16.5. The van der Waals surface area contributed by atoms with Gasteiger partial charge in [-0.15, -0.1) is 0 Å². The van der Waals surface area contributed by atoms with Gasteiger partial charge in [-0.25, -0.2) is 0 Å². The second-order valence-corrected chi connectivity index (χ2v) is 5.63. The lowest BCUT2D eigenvalue weighted by molar-refractivity contribution is -0.122. The summed E-state index contributed by atoms with van der Waals surface area (Å²) >= 11 is 0. The summed E-state index contributed by atoms with van der Waals surface area (Å²) in [7, 11) is 4.46. The number of hydrogen-bond donors (Lipinski definition) is 2. The summed E-state index contributed by atoms with van der Waals surface area (Å²) in [4.78, 5) is 24.0. The number of anilines is 1. The zero-order chi connectivity index (χ0) is 20.5. The van der Waals surface area contributed by atoms with Crippen molar-refractivity contribution in [2.24, 2.45) is 0 Å². The number of ether oxygens (including phenoxy) is 4. The number of hydrogen-bond acceptors (Lipinski definition) is 6. The summed E-state index contributed by atoms with van der Waals surface area (Å²) in [5, 5.41) is 5.43. The lowest BCUT2D eigenvalue weighted by Crippen LogP contribution is -2.28. The number of benzene rings is 2. The van der Waals surface area contributed by atoms with Gasteiger partial charge < -0.3 is 29.6 Å². The first kappa shape index (κ1) is 20.9. The normalized spacial score (nSPS) is 10.0. The number of nitrogens with one attached hydrogen (secondary N) is 2. The van der Waals surface area contributed by atoms with E-state index in [9.17, 15) is 9.59 Å². The zero-order valence-electron chi connectivity index (χ0n) is 16.3. The third kappa shape index (κ3) is 5.29. The SMILES string of the molecule is CCNC(=O)COc1ccc(NC(=O)c2cc(OC)c(OC)c(OC)c2)cc1. The molecule has 0 aliphatic heterocycles. The third-order valence-electron chi connectivity index (χ3n) is 3.78. The Kier molecular flexibility index (Phi) is 7.50. The average Bonchev–Trinajstić information content (AvgIpc) is 2.72. The predicted octanol–water partition coefficient (Wildman–Crippen LogP) is 2.48. The standard InChI is InChI=1S/C20H24N2O6/c1-5-21-18(23)12-28-15-8-6-14(7-9-15)22-20(24)13-10-16(25-2)19(27-4)17(11-13)26-3/h6-11H,5,12H2,1-4H3,(H,21,23)(H,22,24). The van der Waals surface area contributed by atoms with E-state index < -0.39 is 0 Å². The van der Waals surface area contributed by atoms with Gasteiger partial charge >= 0.3 is 0 Å². The van der Waals surface area contributed by atoms with Gasteiger partial charge in [-0.05, 0) is 43.3 Å². The van der Waals surface area contributed by atoms with Crippen LogP contribution in [0.1, 0.15) is 17.3 Å². The minimum absolute atomic E-state index is 0.0645. The number of amides is 2. The van der Waals surface area contributed by atoms with Crippen LogP contribution in [0.5, 0.6) is 23.0 Å². The maximum absolute atomic E-state index is 12.6. The maximum Gasteiger partial charge on any atom is 0.257 e. The second-order valence-electron chi connectivity index (χ2n) is 5.63.